The first kappa shape index (κ1) is 33.5. The number of carboxylic acid groups (broad SMARTS) is 1. The Morgan fingerprint density at radius 2 is 1.54 bits per heavy atom. The highest BCUT2D eigenvalue weighted by Crippen LogP contribution is 2.38. The van der Waals surface area contributed by atoms with Gasteiger partial charge in [0.1, 0.15) is 5.76 Å². The summed E-state index contributed by atoms with van der Waals surface area (Å²) in [4.78, 5) is 11.8. The van der Waals surface area contributed by atoms with E-state index in [4.69, 9.17) is 27.6 Å². The molecular formula is C34H28Cl2F3NO5S. The highest BCUT2D eigenvalue weighted by atomic mass is 35.5. The van der Waals surface area contributed by atoms with E-state index in [-0.39, 0.29) is 26.3 Å². The van der Waals surface area contributed by atoms with Crippen LogP contribution in [0.3, 0.4) is 0 Å². The maximum atomic E-state index is 14.4. The van der Waals surface area contributed by atoms with E-state index in [0.717, 1.165) is 16.4 Å². The molecule has 0 amide bonds. The molecule has 12 heteroatoms. The average molecular weight is 691 g/mol. The molecule has 0 saturated carbocycles. The molecule has 240 valence electrons. The number of aliphatic carboxylic acids is 1. The van der Waals surface area contributed by atoms with Gasteiger partial charge in [-0.1, -0.05) is 83.9 Å². The number of sulfonamides is 1. The van der Waals surface area contributed by atoms with Crippen molar-refractivity contribution in [3.8, 4) is 11.1 Å². The van der Waals surface area contributed by atoms with Gasteiger partial charge in [0, 0.05) is 27.5 Å². The zero-order valence-corrected chi connectivity index (χ0v) is 27.2. The summed E-state index contributed by atoms with van der Waals surface area (Å²) < 4.78 is 74.8. The molecule has 0 saturated heterocycles. The maximum Gasteiger partial charge on any atom is 0.449 e. The number of carboxylic acids is 1. The largest absolute Gasteiger partial charge is 0.481 e. The number of halogens is 5. The lowest BCUT2D eigenvalue weighted by Crippen LogP contribution is -2.31. The van der Waals surface area contributed by atoms with E-state index in [1.165, 1.54) is 0 Å². The summed E-state index contributed by atoms with van der Waals surface area (Å²) in [6.45, 7) is 3.88. The molecule has 1 aromatic heterocycles. The predicted molar refractivity (Wildman–Crippen MR) is 171 cm³/mol. The molecule has 0 aliphatic heterocycles. The minimum atomic E-state index is -4.76. The zero-order valence-electron chi connectivity index (χ0n) is 24.8. The van der Waals surface area contributed by atoms with E-state index >= 15 is 0 Å². The van der Waals surface area contributed by atoms with Crippen LogP contribution in [0.2, 0.25) is 10.0 Å². The molecule has 0 spiro atoms. The first-order valence-corrected chi connectivity index (χ1v) is 16.2. The van der Waals surface area contributed by atoms with Crippen molar-refractivity contribution < 1.29 is 35.9 Å². The zero-order chi connectivity index (χ0) is 33.6. The third kappa shape index (κ3) is 6.53. The van der Waals surface area contributed by atoms with E-state index in [2.05, 4.69) is 0 Å². The van der Waals surface area contributed by atoms with Crippen molar-refractivity contribution in [1.82, 2.24) is 4.31 Å². The van der Waals surface area contributed by atoms with Gasteiger partial charge in [-0.15, -0.1) is 0 Å². The second-order valence-corrected chi connectivity index (χ2v) is 14.1. The van der Waals surface area contributed by atoms with E-state index in [9.17, 15) is 31.5 Å². The molecule has 1 heterocycles. The summed E-state index contributed by atoms with van der Waals surface area (Å²) in [7, 11) is -4.39. The second kappa shape index (κ2) is 12.4. The number of fused-ring (bicyclic) bond motifs is 1. The first-order valence-electron chi connectivity index (χ1n) is 14.0. The fourth-order valence-corrected chi connectivity index (χ4v) is 7.55. The first-order chi connectivity index (χ1) is 21.5. The van der Waals surface area contributed by atoms with Crippen LogP contribution in [-0.2, 0) is 39.5 Å². The van der Waals surface area contributed by atoms with Crippen molar-refractivity contribution in [2.45, 2.75) is 50.3 Å². The fraction of sp³-hybridized carbons (Fsp3) is 0.206. The van der Waals surface area contributed by atoms with Gasteiger partial charge in [-0.25, -0.2) is 8.42 Å². The lowest BCUT2D eigenvalue weighted by atomic mass is 9.83. The summed E-state index contributed by atoms with van der Waals surface area (Å²) in [6.07, 6.45) is -4.76. The van der Waals surface area contributed by atoms with Crippen molar-refractivity contribution >= 4 is 50.0 Å². The number of hydrogen-bond donors (Lipinski definition) is 1. The van der Waals surface area contributed by atoms with E-state index < -0.39 is 46.4 Å². The van der Waals surface area contributed by atoms with Crippen molar-refractivity contribution in [1.29, 1.82) is 0 Å². The van der Waals surface area contributed by atoms with Gasteiger partial charge < -0.3 is 9.52 Å². The maximum absolute atomic E-state index is 14.4. The number of nitrogens with zero attached hydrogens (tertiary/aromatic N) is 1. The Balaban J connectivity index is 1.59. The van der Waals surface area contributed by atoms with Gasteiger partial charge in [0.05, 0.1) is 16.9 Å². The highest BCUT2D eigenvalue weighted by Gasteiger charge is 2.36. The molecule has 0 radical (unpaired) electrons. The Hall–Kier alpha value is -3.83. The SMILES string of the molecule is Cc1ccc2ccccc2c1S(=O)(=O)N(Cc1ccc(C(F)(F)F)o1)Cc1c(Cl)cc(-c2cccc(C(C)(C)C(=O)O)c2)cc1Cl. The lowest BCUT2D eigenvalue weighted by Gasteiger charge is -2.25. The van der Waals surface area contributed by atoms with Crippen molar-refractivity contribution in [2.24, 2.45) is 0 Å². The summed E-state index contributed by atoms with van der Waals surface area (Å²) in [6, 6.07) is 22.2. The van der Waals surface area contributed by atoms with Gasteiger partial charge in [-0.2, -0.15) is 17.5 Å². The summed E-state index contributed by atoms with van der Waals surface area (Å²) in [5.41, 5.74) is 1.23. The predicted octanol–water partition coefficient (Wildman–Crippen LogP) is 9.49. The van der Waals surface area contributed by atoms with Crippen LogP contribution >= 0.6 is 23.2 Å². The standard InChI is InChI=1S/C34H28Cl2F3NO5S/c1-20-11-12-21-7-4-5-10-26(21)31(20)46(43,44)40(18-25-13-14-30(45-25)34(37,38)39)19-27-28(35)16-23(17-29(27)36)22-8-6-9-24(15-22)33(2,3)32(41)42/h4-17H,18-19H2,1-3H3,(H,41,42). The Labute approximate surface area is 274 Å². The van der Waals surface area contributed by atoms with Crippen LogP contribution in [0.1, 0.15) is 42.1 Å². The van der Waals surface area contributed by atoms with Crippen LogP contribution in [0.15, 0.2) is 94.2 Å². The third-order valence-corrected chi connectivity index (χ3v) is 10.5. The van der Waals surface area contributed by atoms with Crippen LogP contribution in [0, 0.1) is 6.92 Å². The molecule has 5 aromatic rings. The molecule has 4 aromatic carbocycles. The fourth-order valence-electron chi connectivity index (χ4n) is 5.15. The molecule has 5 rings (SSSR count). The molecule has 6 nitrogen and oxygen atoms in total. The van der Waals surface area contributed by atoms with E-state index in [1.54, 1.807) is 93.6 Å². The van der Waals surface area contributed by atoms with Crippen LogP contribution < -0.4 is 0 Å². The second-order valence-electron chi connectivity index (χ2n) is 11.4. The Morgan fingerprint density at radius 3 is 2.17 bits per heavy atom. The van der Waals surface area contributed by atoms with Crippen molar-refractivity contribution in [2.75, 3.05) is 0 Å². The lowest BCUT2D eigenvalue weighted by molar-refractivity contribution is -0.153. The molecule has 0 bridgehead atoms. The number of aryl methyl sites for hydroxylation is 1. The smallest absolute Gasteiger partial charge is 0.449 e. The molecular weight excluding hydrogens is 662 g/mol. The van der Waals surface area contributed by atoms with Gasteiger partial charge in [0.15, 0.2) is 0 Å². The van der Waals surface area contributed by atoms with Crippen LogP contribution in [0.5, 0.6) is 0 Å². The van der Waals surface area contributed by atoms with Crippen LogP contribution in [-0.4, -0.2) is 23.8 Å². The van der Waals surface area contributed by atoms with Gasteiger partial charge in [-0.3, -0.25) is 4.79 Å². The number of hydrogen-bond acceptors (Lipinski definition) is 4. The van der Waals surface area contributed by atoms with E-state index in [1.807, 2.05) is 0 Å². The quantitative estimate of drug-likeness (QED) is 0.167. The van der Waals surface area contributed by atoms with Gasteiger partial charge in [0.25, 0.3) is 0 Å². The Bertz CT molecular complexity index is 2050. The summed E-state index contributed by atoms with van der Waals surface area (Å²) >= 11 is 13.5. The molecule has 0 aliphatic rings. The molecule has 0 fully saturated rings. The number of carbonyl (C=O) groups is 1. The summed E-state index contributed by atoms with van der Waals surface area (Å²) in [5, 5.41) is 11.0. The Kier molecular flexibility index (Phi) is 9.04. The van der Waals surface area contributed by atoms with Crippen molar-refractivity contribution in [3.63, 3.8) is 0 Å². The average Bonchev–Trinajstić information content (AvgIpc) is 3.47. The molecule has 0 atom stereocenters. The van der Waals surface area contributed by atoms with Crippen LogP contribution in [0.25, 0.3) is 21.9 Å². The Morgan fingerprint density at radius 1 is 0.870 bits per heavy atom. The highest BCUT2D eigenvalue weighted by molar-refractivity contribution is 7.89. The molecule has 1 N–H and O–H groups in total. The molecule has 0 unspecified atom stereocenters. The number of alkyl halides is 3. The van der Waals surface area contributed by atoms with Gasteiger partial charge in [-0.05, 0) is 72.7 Å². The minimum absolute atomic E-state index is 0.00470. The van der Waals surface area contributed by atoms with Gasteiger partial charge in [0.2, 0.25) is 15.8 Å². The third-order valence-electron chi connectivity index (χ3n) is 7.88. The van der Waals surface area contributed by atoms with Gasteiger partial charge >= 0.3 is 12.1 Å². The molecule has 46 heavy (non-hydrogen) atoms. The van der Waals surface area contributed by atoms with Crippen molar-refractivity contribution in [3.05, 3.63) is 123 Å². The van der Waals surface area contributed by atoms with E-state index in [0.29, 0.717) is 33.0 Å². The van der Waals surface area contributed by atoms with Crippen LogP contribution in [0.4, 0.5) is 13.2 Å². The number of rotatable bonds is 9. The summed E-state index contributed by atoms with van der Waals surface area (Å²) in [5.74, 6) is -2.48. The number of benzene rings is 4. The minimum Gasteiger partial charge on any atom is -0.481 e. The monoisotopic (exact) mass is 689 g/mol. The normalized spacial score (nSPS) is 12.6. The molecule has 0 aliphatic carbocycles. The number of furan rings is 1. The topological polar surface area (TPSA) is 87.8 Å².